The van der Waals surface area contributed by atoms with Crippen molar-refractivity contribution in [2.45, 2.75) is 19.8 Å². The first-order valence-electron chi connectivity index (χ1n) is 6.52. The van der Waals surface area contributed by atoms with Crippen LogP contribution in [0.3, 0.4) is 0 Å². The van der Waals surface area contributed by atoms with Gasteiger partial charge in [-0.25, -0.2) is 0 Å². The number of Topliss-reactive ketones (excluding diaryl/α,β-unsaturated/α-hetero) is 1. The number of amides is 2. The molecule has 0 spiro atoms. The molecule has 0 saturated carbocycles. The Morgan fingerprint density at radius 2 is 1.85 bits per heavy atom. The quantitative estimate of drug-likeness (QED) is 0.619. The van der Waals surface area contributed by atoms with Crippen LogP contribution in [0.1, 0.15) is 30.1 Å². The van der Waals surface area contributed by atoms with Crippen LogP contribution < -0.4 is 4.74 Å². The van der Waals surface area contributed by atoms with E-state index < -0.39 is 0 Å². The Morgan fingerprint density at radius 3 is 2.45 bits per heavy atom. The number of carbonyl (C=O) groups is 3. The minimum atomic E-state index is -0.293. The Balaban J connectivity index is 2.15. The highest BCUT2D eigenvalue weighted by atomic mass is 16.5. The lowest BCUT2D eigenvalue weighted by Gasteiger charge is -2.27. The first-order chi connectivity index (χ1) is 9.52. The van der Waals surface area contributed by atoms with Gasteiger partial charge in [0.05, 0.1) is 19.2 Å². The van der Waals surface area contributed by atoms with Gasteiger partial charge in [-0.2, -0.15) is 0 Å². The van der Waals surface area contributed by atoms with E-state index >= 15 is 0 Å². The molecule has 0 bridgehead atoms. The van der Waals surface area contributed by atoms with Crippen LogP contribution in [-0.4, -0.2) is 36.2 Å². The number of ketones is 1. The maximum Gasteiger partial charge on any atom is 0.229 e. The van der Waals surface area contributed by atoms with Gasteiger partial charge in [-0.15, -0.1) is 0 Å². The van der Waals surface area contributed by atoms with Gasteiger partial charge in [0.1, 0.15) is 5.75 Å². The molecular formula is C15H17NO4. The van der Waals surface area contributed by atoms with E-state index in [0.717, 1.165) is 4.90 Å². The van der Waals surface area contributed by atoms with Crippen molar-refractivity contribution in [1.82, 2.24) is 4.90 Å². The van der Waals surface area contributed by atoms with E-state index in [1.54, 1.807) is 24.3 Å². The van der Waals surface area contributed by atoms with E-state index in [4.69, 9.17) is 4.74 Å². The number of benzene rings is 1. The van der Waals surface area contributed by atoms with Gasteiger partial charge in [0.25, 0.3) is 0 Å². The average Bonchev–Trinajstić information content (AvgIpc) is 2.42. The third-order valence-corrected chi connectivity index (χ3v) is 3.36. The van der Waals surface area contributed by atoms with Gasteiger partial charge in [-0.1, -0.05) is 19.1 Å². The van der Waals surface area contributed by atoms with Crippen LogP contribution in [0.2, 0.25) is 0 Å². The van der Waals surface area contributed by atoms with Crippen molar-refractivity contribution >= 4 is 17.6 Å². The summed E-state index contributed by atoms with van der Waals surface area (Å²) in [4.78, 5) is 37.0. The number of methoxy groups -OCH3 is 1. The molecule has 5 heteroatoms. The maximum absolute atomic E-state index is 12.2. The zero-order chi connectivity index (χ0) is 14.7. The fourth-order valence-electron chi connectivity index (χ4n) is 2.31. The van der Waals surface area contributed by atoms with Crippen LogP contribution in [0.25, 0.3) is 0 Å². The summed E-state index contributed by atoms with van der Waals surface area (Å²) < 4.78 is 5.12. The van der Waals surface area contributed by atoms with Gasteiger partial charge in [-0.05, 0) is 18.1 Å². The number of hydrogen-bond acceptors (Lipinski definition) is 4. The predicted molar refractivity (Wildman–Crippen MR) is 72.4 cm³/mol. The first kappa shape index (κ1) is 14.2. The van der Waals surface area contributed by atoms with Crippen LogP contribution in [-0.2, 0) is 9.59 Å². The second kappa shape index (κ2) is 5.86. The van der Waals surface area contributed by atoms with Crippen molar-refractivity contribution in [2.75, 3.05) is 13.7 Å². The number of para-hydroxylation sites is 1. The van der Waals surface area contributed by atoms with Crippen LogP contribution >= 0.6 is 0 Å². The number of piperidine rings is 1. The highest BCUT2D eigenvalue weighted by molar-refractivity contribution is 6.06. The van der Waals surface area contributed by atoms with Crippen LogP contribution in [0, 0.1) is 5.92 Å². The molecule has 2 rings (SSSR count). The molecule has 1 saturated heterocycles. The zero-order valence-corrected chi connectivity index (χ0v) is 11.6. The Kier molecular flexibility index (Phi) is 4.17. The molecule has 0 atom stereocenters. The standard InChI is InChI=1S/C15H17NO4/c1-10-7-14(18)16(15(19)8-10)9-12(17)11-5-3-4-6-13(11)20-2/h3-6,10H,7-9H2,1-2H3. The van der Waals surface area contributed by atoms with Crippen LogP contribution in [0.15, 0.2) is 24.3 Å². The molecule has 0 N–H and O–H groups in total. The molecule has 1 heterocycles. The molecule has 1 aliphatic heterocycles. The fourth-order valence-corrected chi connectivity index (χ4v) is 2.31. The smallest absolute Gasteiger partial charge is 0.229 e. The second-order valence-corrected chi connectivity index (χ2v) is 5.01. The van der Waals surface area contributed by atoms with Gasteiger partial charge < -0.3 is 4.74 Å². The predicted octanol–water partition coefficient (Wildman–Crippen LogP) is 1.66. The van der Waals surface area contributed by atoms with Gasteiger partial charge in [-0.3, -0.25) is 19.3 Å². The van der Waals surface area contributed by atoms with Crippen molar-refractivity contribution in [3.05, 3.63) is 29.8 Å². The molecule has 2 amide bonds. The number of nitrogens with zero attached hydrogens (tertiary/aromatic N) is 1. The molecule has 20 heavy (non-hydrogen) atoms. The maximum atomic E-state index is 12.2. The third kappa shape index (κ3) is 2.87. The molecule has 0 radical (unpaired) electrons. The summed E-state index contributed by atoms with van der Waals surface area (Å²) >= 11 is 0. The summed E-state index contributed by atoms with van der Waals surface area (Å²) in [6, 6.07) is 6.78. The van der Waals surface area contributed by atoms with E-state index in [2.05, 4.69) is 0 Å². The minimum absolute atomic E-state index is 0.0487. The van der Waals surface area contributed by atoms with Gasteiger partial charge in [0.15, 0.2) is 5.78 Å². The van der Waals surface area contributed by atoms with E-state index in [0.29, 0.717) is 24.2 Å². The first-order valence-corrected chi connectivity index (χ1v) is 6.52. The largest absolute Gasteiger partial charge is 0.496 e. The van der Waals surface area contributed by atoms with Crippen molar-refractivity contribution in [2.24, 2.45) is 5.92 Å². The van der Waals surface area contributed by atoms with Crippen molar-refractivity contribution in [3.63, 3.8) is 0 Å². The SMILES string of the molecule is COc1ccccc1C(=O)CN1C(=O)CC(C)CC1=O. The fraction of sp³-hybridized carbons (Fsp3) is 0.400. The molecule has 106 valence electrons. The average molecular weight is 275 g/mol. The highest BCUT2D eigenvalue weighted by Crippen LogP contribution is 2.22. The second-order valence-electron chi connectivity index (χ2n) is 5.01. The van der Waals surface area contributed by atoms with Crippen molar-refractivity contribution < 1.29 is 19.1 Å². The van der Waals surface area contributed by atoms with Gasteiger partial charge in [0.2, 0.25) is 11.8 Å². The molecule has 0 aromatic heterocycles. The van der Waals surface area contributed by atoms with Crippen molar-refractivity contribution in [1.29, 1.82) is 0 Å². The summed E-state index contributed by atoms with van der Waals surface area (Å²) in [6.07, 6.45) is 0.621. The monoisotopic (exact) mass is 275 g/mol. The molecular weight excluding hydrogens is 258 g/mol. The van der Waals surface area contributed by atoms with Crippen LogP contribution in [0.5, 0.6) is 5.75 Å². The number of rotatable bonds is 4. The number of imide groups is 1. The Labute approximate surface area is 117 Å². The lowest BCUT2D eigenvalue weighted by atomic mass is 9.97. The Morgan fingerprint density at radius 1 is 1.25 bits per heavy atom. The van der Waals surface area contributed by atoms with Crippen molar-refractivity contribution in [3.8, 4) is 5.75 Å². The number of hydrogen-bond donors (Lipinski definition) is 0. The molecule has 0 unspecified atom stereocenters. The topological polar surface area (TPSA) is 63.7 Å². The highest BCUT2D eigenvalue weighted by Gasteiger charge is 2.32. The van der Waals surface area contributed by atoms with E-state index in [9.17, 15) is 14.4 Å². The number of likely N-dealkylation sites (tertiary alicyclic amines) is 1. The van der Waals surface area contributed by atoms with E-state index in [-0.39, 0.29) is 30.1 Å². The van der Waals surface area contributed by atoms with Crippen LogP contribution in [0.4, 0.5) is 0 Å². The van der Waals surface area contributed by atoms with Gasteiger partial charge in [0, 0.05) is 12.8 Å². The lowest BCUT2D eigenvalue weighted by Crippen LogP contribution is -2.45. The summed E-state index contributed by atoms with van der Waals surface area (Å²) in [7, 11) is 1.48. The molecule has 0 aliphatic carbocycles. The third-order valence-electron chi connectivity index (χ3n) is 3.36. The Bertz CT molecular complexity index is 535. The molecule has 1 fully saturated rings. The van der Waals surface area contributed by atoms with E-state index in [1.807, 2.05) is 6.92 Å². The minimum Gasteiger partial charge on any atom is -0.496 e. The normalized spacial score (nSPS) is 16.4. The molecule has 1 aromatic carbocycles. The zero-order valence-electron chi connectivity index (χ0n) is 11.6. The molecule has 1 aliphatic rings. The number of carbonyl (C=O) groups excluding carboxylic acids is 3. The lowest BCUT2D eigenvalue weighted by molar-refractivity contribution is -0.149. The van der Waals surface area contributed by atoms with Gasteiger partial charge >= 0.3 is 0 Å². The number of ether oxygens (including phenoxy) is 1. The summed E-state index contributed by atoms with van der Waals surface area (Å²) in [5.74, 6) is -0.358. The molecule has 5 nitrogen and oxygen atoms in total. The molecule has 1 aromatic rings. The summed E-state index contributed by atoms with van der Waals surface area (Å²) in [5, 5.41) is 0. The summed E-state index contributed by atoms with van der Waals surface area (Å²) in [5.41, 5.74) is 0.384. The van der Waals surface area contributed by atoms with E-state index in [1.165, 1.54) is 7.11 Å². The summed E-state index contributed by atoms with van der Waals surface area (Å²) in [6.45, 7) is 1.64. The Hall–Kier alpha value is -2.17.